The molecule has 1 heterocycles. The molecule has 5 nitrogen and oxygen atoms in total. The number of methoxy groups -OCH3 is 3. The summed E-state index contributed by atoms with van der Waals surface area (Å²) in [7, 11) is 4.75. The molecule has 2 rings (SSSR count). The highest BCUT2D eigenvalue weighted by atomic mass is 32.1. The Morgan fingerprint density at radius 1 is 1.04 bits per heavy atom. The first-order valence-electron chi connectivity index (χ1n) is 8.19. The van der Waals surface area contributed by atoms with E-state index >= 15 is 0 Å². The van der Waals surface area contributed by atoms with E-state index in [0.29, 0.717) is 34.6 Å². The van der Waals surface area contributed by atoms with E-state index in [1.54, 1.807) is 21.3 Å². The zero-order valence-electron chi connectivity index (χ0n) is 15.3. The fraction of sp³-hybridized carbons (Fsp3) is 0.421. The molecule has 1 N–H and O–H groups in total. The molecule has 1 amide bonds. The molecule has 25 heavy (non-hydrogen) atoms. The van der Waals surface area contributed by atoms with Crippen molar-refractivity contribution >= 4 is 17.2 Å². The highest BCUT2D eigenvalue weighted by Gasteiger charge is 2.19. The first-order valence-corrected chi connectivity index (χ1v) is 9.00. The highest BCUT2D eigenvalue weighted by molar-refractivity contribution is 7.17. The quantitative estimate of drug-likeness (QED) is 0.763. The van der Waals surface area contributed by atoms with Crippen LogP contribution in [0, 0.1) is 5.92 Å². The summed E-state index contributed by atoms with van der Waals surface area (Å²) in [6.45, 7) is 4.96. The number of hydrogen-bond donors (Lipinski definition) is 1. The summed E-state index contributed by atoms with van der Waals surface area (Å²) in [6, 6.07) is 7.50. The van der Waals surface area contributed by atoms with Crippen molar-refractivity contribution in [3.05, 3.63) is 29.1 Å². The molecule has 2 aromatic rings. The van der Waals surface area contributed by atoms with Crippen LogP contribution in [-0.4, -0.2) is 33.8 Å². The van der Waals surface area contributed by atoms with E-state index in [0.717, 1.165) is 16.9 Å². The van der Waals surface area contributed by atoms with Crippen LogP contribution in [0.1, 0.15) is 29.9 Å². The number of rotatable bonds is 8. The van der Waals surface area contributed by atoms with Crippen LogP contribution in [0.15, 0.2) is 24.3 Å². The number of benzene rings is 1. The van der Waals surface area contributed by atoms with E-state index in [-0.39, 0.29) is 5.91 Å². The second-order valence-electron chi connectivity index (χ2n) is 5.98. The predicted octanol–water partition coefficient (Wildman–Crippen LogP) is 4.22. The van der Waals surface area contributed by atoms with Gasteiger partial charge in [0.05, 0.1) is 26.2 Å². The Morgan fingerprint density at radius 2 is 1.76 bits per heavy atom. The molecule has 1 aromatic carbocycles. The second kappa shape index (κ2) is 8.76. The van der Waals surface area contributed by atoms with E-state index < -0.39 is 0 Å². The zero-order valence-corrected chi connectivity index (χ0v) is 16.2. The standard InChI is InChI=1S/C19H25NO4S/c1-12(2)10-11-20-19(21)16-9-8-15(25-16)13-6-7-14(22-3)18(24-5)17(13)23-4/h6-9,12H,10-11H2,1-5H3,(H,20,21). The van der Waals surface area contributed by atoms with Gasteiger partial charge in [0.25, 0.3) is 5.91 Å². The van der Waals surface area contributed by atoms with Crippen LogP contribution in [0.25, 0.3) is 10.4 Å². The van der Waals surface area contributed by atoms with E-state index in [2.05, 4.69) is 19.2 Å². The first kappa shape index (κ1) is 19.1. The third-order valence-electron chi connectivity index (χ3n) is 3.81. The van der Waals surface area contributed by atoms with E-state index in [9.17, 15) is 4.79 Å². The second-order valence-corrected chi connectivity index (χ2v) is 7.07. The van der Waals surface area contributed by atoms with Crippen molar-refractivity contribution in [1.29, 1.82) is 0 Å². The lowest BCUT2D eigenvalue weighted by molar-refractivity contribution is 0.0956. The molecule has 6 heteroatoms. The minimum absolute atomic E-state index is 0.0451. The SMILES string of the molecule is COc1ccc(-c2ccc(C(=O)NCCC(C)C)s2)c(OC)c1OC. The largest absolute Gasteiger partial charge is 0.493 e. The molecule has 0 atom stereocenters. The van der Waals surface area contributed by atoms with Crippen LogP contribution >= 0.6 is 11.3 Å². The topological polar surface area (TPSA) is 56.8 Å². The molecule has 1 aromatic heterocycles. The molecular weight excluding hydrogens is 338 g/mol. The molecule has 0 radical (unpaired) electrons. The average molecular weight is 363 g/mol. The van der Waals surface area contributed by atoms with Crippen molar-refractivity contribution < 1.29 is 19.0 Å². The van der Waals surface area contributed by atoms with Gasteiger partial charge in [-0.15, -0.1) is 11.3 Å². The monoisotopic (exact) mass is 363 g/mol. The molecule has 136 valence electrons. The molecule has 0 aliphatic heterocycles. The van der Waals surface area contributed by atoms with Gasteiger partial charge in [0.15, 0.2) is 11.5 Å². The third kappa shape index (κ3) is 4.45. The van der Waals surface area contributed by atoms with Crippen LogP contribution in [0.2, 0.25) is 0 Å². The fourth-order valence-electron chi connectivity index (χ4n) is 2.46. The van der Waals surface area contributed by atoms with Gasteiger partial charge in [-0.2, -0.15) is 0 Å². The number of amides is 1. The Bertz CT molecular complexity index is 724. The molecule has 0 aliphatic rings. The lowest BCUT2D eigenvalue weighted by Gasteiger charge is -2.14. The van der Waals surface area contributed by atoms with E-state index in [4.69, 9.17) is 14.2 Å². The highest BCUT2D eigenvalue weighted by Crippen LogP contribution is 2.45. The maximum atomic E-state index is 12.3. The molecule has 0 saturated heterocycles. The van der Waals surface area contributed by atoms with Crippen LogP contribution in [0.3, 0.4) is 0 Å². The average Bonchev–Trinajstić information content (AvgIpc) is 3.09. The molecule has 0 fully saturated rings. The zero-order chi connectivity index (χ0) is 18.4. The molecule has 0 aliphatic carbocycles. The van der Waals surface area contributed by atoms with Crippen molar-refractivity contribution in [2.24, 2.45) is 5.92 Å². The molecule has 0 unspecified atom stereocenters. The number of thiophene rings is 1. The van der Waals surface area contributed by atoms with Crippen molar-refractivity contribution in [3.63, 3.8) is 0 Å². The maximum absolute atomic E-state index is 12.3. The van der Waals surface area contributed by atoms with Gasteiger partial charge in [0, 0.05) is 17.0 Å². The lowest BCUT2D eigenvalue weighted by atomic mass is 10.1. The number of hydrogen-bond acceptors (Lipinski definition) is 5. The van der Waals surface area contributed by atoms with Crippen molar-refractivity contribution in [3.8, 4) is 27.7 Å². The predicted molar refractivity (Wildman–Crippen MR) is 101 cm³/mol. The van der Waals surface area contributed by atoms with Crippen molar-refractivity contribution in [2.75, 3.05) is 27.9 Å². The number of carbonyl (C=O) groups is 1. The Balaban J connectivity index is 2.26. The van der Waals surface area contributed by atoms with E-state index in [1.807, 2.05) is 24.3 Å². The maximum Gasteiger partial charge on any atom is 0.261 e. The van der Waals surface area contributed by atoms with Gasteiger partial charge in [-0.3, -0.25) is 4.79 Å². The minimum atomic E-state index is -0.0451. The number of nitrogens with one attached hydrogen (secondary N) is 1. The smallest absolute Gasteiger partial charge is 0.261 e. The van der Waals surface area contributed by atoms with Gasteiger partial charge in [0.2, 0.25) is 5.75 Å². The summed E-state index contributed by atoms with van der Waals surface area (Å²) in [6.07, 6.45) is 0.966. The summed E-state index contributed by atoms with van der Waals surface area (Å²) < 4.78 is 16.3. The summed E-state index contributed by atoms with van der Waals surface area (Å²) in [5.41, 5.74) is 0.867. The van der Waals surface area contributed by atoms with Gasteiger partial charge >= 0.3 is 0 Å². The van der Waals surface area contributed by atoms with E-state index in [1.165, 1.54) is 11.3 Å². The Morgan fingerprint density at radius 3 is 2.36 bits per heavy atom. The normalized spacial score (nSPS) is 10.6. The van der Waals surface area contributed by atoms with Crippen LogP contribution in [0.5, 0.6) is 17.2 Å². The van der Waals surface area contributed by atoms with Crippen LogP contribution in [-0.2, 0) is 0 Å². The Labute approximate surface area is 152 Å². The van der Waals surface area contributed by atoms with Gasteiger partial charge in [-0.05, 0) is 36.6 Å². The molecule has 0 bridgehead atoms. The molecule has 0 saturated carbocycles. The van der Waals surface area contributed by atoms with Gasteiger partial charge < -0.3 is 19.5 Å². The first-order chi connectivity index (χ1) is 12.0. The third-order valence-corrected chi connectivity index (χ3v) is 4.92. The Kier molecular flexibility index (Phi) is 6.70. The molecular formula is C19H25NO4S. The number of carbonyl (C=O) groups excluding carboxylic acids is 1. The number of ether oxygens (including phenoxy) is 3. The van der Waals surface area contributed by atoms with Crippen LogP contribution in [0.4, 0.5) is 0 Å². The molecule has 0 spiro atoms. The lowest BCUT2D eigenvalue weighted by Crippen LogP contribution is -2.24. The van der Waals surface area contributed by atoms with Crippen molar-refractivity contribution in [2.45, 2.75) is 20.3 Å². The van der Waals surface area contributed by atoms with Gasteiger partial charge in [0.1, 0.15) is 0 Å². The summed E-state index contributed by atoms with van der Waals surface area (Å²) >= 11 is 1.43. The van der Waals surface area contributed by atoms with Gasteiger partial charge in [-0.25, -0.2) is 0 Å². The summed E-state index contributed by atoms with van der Waals surface area (Å²) in [4.78, 5) is 13.9. The van der Waals surface area contributed by atoms with Crippen molar-refractivity contribution in [1.82, 2.24) is 5.32 Å². The summed E-state index contributed by atoms with van der Waals surface area (Å²) in [5.74, 6) is 2.26. The Hall–Kier alpha value is -2.21. The minimum Gasteiger partial charge on any atom is -0.493 e. The van der Waals surface area contributed by atoms with Crippen LogP contribution < -0.4 is 19.5 Å². The summed E-state index contributed by atoms with van der Waals surface area (Å²) in [5, 5.41) is 2.96. The van der Waals surface area contributed by atoms with Gasteiger partial charge in [-0.1, -0.05) is 13.8 Å². The fourth-order valence-corrected chi connectivity index (χ4v) is 3.41.